The highest BCUT2D eigenvalue weighted by atomic mass is 35.5. The quantitative estimate of drug-likeness (QED) is 0.633. The molecule has 0 amide bonds. The molecule has 0 saturated heterocycles. The van der Waals surface area contributed by atoms with E-state index in [-0.39, 0.29) is 0 Å². The van der Waals surface area contributed by atoms with E-state index in [2.05, 4.69) is 52.0 Å². The smallest absolute Gasteiger partial charge is 0.0362 e. The molecule has 0 bridgehead atoms. The standard InChI is InChI=1S/C15H23Cl/c1-5-15(16)12(4)10-13-6-8-14(9-7-13)11(2)3/h6-9,11-12,15H,5,10H2,1-4H3. The van der Waals surface area contributed by atoms with Crippen molar-refractivity contribution in [1.29, 1.82) is 0 Å². The van der Waals surface area contributed by atoms with Gasteiger partial charge in [0.05, 0.1) is 0 Å². The summed E-state index contributed by atoms with van der Waals surface area (Å²) in [5, 5.41) is 0.296. The highest BCUT2D eigenvalue weighted by Gasteiger charge is 2.12. The minimum Gasteiger partial charge on any atom is -0.123 e. The van der Waals surface area contributed by atoms with E-state index in [1.807, 2.05) is 0 Å². The Morgan fingerprint density at radius 1 is 1.06 bits per heavy atom. The van der Waals surface area contributed by atoms with E-state index in [0.29, 0.717) is 17.2 Å². The minimum absolute atomic E-state index is 0.296. The number of hydrogen-bond donors (Lipinski definition) is 0. The second kappa shape index (κ2) is 6.30. The van der Waals surface area contributed by atoms with Crippen molar-refractivity contribution >= 4 is 11.6 Å². The second-order valence-corrected chi connectivity index (χ2v) is 5.56. The van der Waals surface area contributed by atoms with Crippen LogP contribution < -0.4 is 0 Å². The first-order valence-electron chi connectivity index (χ1n) is 6.27. The van der Waals surface area contributed by atoms with Crippen molar-refractivity contribution in [3.8, 4) is 0 Å². The summed E-state index contributed by atoms with van der Waals surface area (Å²) in [7, 11) is 0. The highest BCUT2D eigenvalue weighted by molar-refractivity contribution is 6.20. The van der Waals surface area contributed by atoms with Crippen LogP contribution in [0.5, 0.6) is 0 Å². The molecule has 0 aliphatic carbocycles. The van der Waals surface area contributed by atoms with E-state index in [4.69, 9.17) is 11.6 Å². The fourth-order valence-corrected chi connectivity index (χ4v) is 2.03. The fourth-order valence-electron chi connectivity index (χ4n) is 1.94. The molecular weight excluding hydrogens is 216 g/mol. The number of halogens is 1. The normalized spacial score (nSPS) is 15.1. The number of benzene rings is 1. The van der Waals surface area contributed by atoms with Crippen LogP contribution >= 0.6 is 11.6 Å². The lowest BCUT2D eigenvalue weighted by molar-refractivity contribution is 0.531. The summed E-state index contributed by atoms with van der Waals surface area (Å²) >= 11 is 6.25. The van der Waals surface area contributed by atoms with Gasteiger partial charge in [-0.1, -0.05) is 52.0 Å². The van der Waals surface area contributed by atoms with Gasteiger partial charge in [-0.25, -0.2) is 0 Å². The number of hydrogen-bond acceptors (Lipinski definition) is 0. The summed E-state index contributed by atoms with van der Waals surface area (Å²) in [5.74, 6) is 1.17. The molecule has 2 unspecified atom stereocenters. The molecular formula is C15H23Cl. The molecule has 0 fully saturated rings. The van der Waals surface area contributed by atoms with Gasteiger partial charge in [0, 0.05) is 5.38 Å². The lowest BCUT2D eigenvalue weighted by Gasteiger charge is -2.16. The Morgan fingerprint density at radius 2 is 1.62 bits per heavy atom. The summed E-state index contributed by atoms with van der Waals surface area (Å²) < 4.78 is 0. The van der Waals surface area contributed by atoms with Gasteiger partial charge >= 0.3 is 0 Å². The molecule has 0 aliphatic heterocycles. The van der Waals surface area contributed by atoms with Crippen LogP contribution in [0, 0.1) is 5.92 Å². The molecule has 1 heteroatoms. The van der Waals surface area contributed by atoms with Gasteiger partial charge < -0.3 is 0 Å². The lowest BCUT2D eigenvalue weighted by Crippen LogP contribution is -2.12. The molecule has 0 spiro atoms. The average molecular weight is 239 g/mol. The zero-order valence-corrected chi connectivity index (χ0v) is 11.6. The summed E-state index contributed by atoms with van der Waals surface area (Å²) in [6, 6.07) is 8.96. The van der Waals surface area contributed by atoms with Gasteiger partial charge in [0.2, 0.25) is 0 Å². The highest BCUT2D eigenvalue weighted by Crippen LogP contribution is 2.21. The summed E-state index contributed by atoms with van der Waals surface area (Å²) in [4.78, 5) is 0. The van der Waals surface area contributed by atoms with Crippen molar-refractivity contribution in [2.24, 2.45) is 5.92 Å². The molecule has 2 atom stereocenters. The summed E-state index contributed by atoms with van der Waals surface area (Å²) in [6.07, 6.45) is 2.13. The van der Waals surface area contributed by atoms with Crippen molar-refractivity contribution in [1.82, 2.24) is 0 Å². The molecule has 0 nitrogen and oxygen atoms in total. The molecule has 0 aromatic heterocycles. The Labute approximate surface area is 105 Å². The second-order valence-electron chi connectivity index (χ2n) is 5.00. The SMILES string of the molecule is CCC(Cl)C(C)Cc1ccc(C(C)C)cc1. The lowest BCUT2D eigenvalue weighted by atomic mass is 9.94. The Balaban J connectivity index is 2.61. The molecule has 16 heavy (non-hydrogen) atoms. The Bertz CT molecular complexity index is 300. The first-order chi connectivity index (χ1) is 7.54. The Hall–Kier alpha value is -0.490. The molecule has 1 aromatic rings. The molecule has 0 heterocycles. The van der Waals surface area contributed by atoms with Crippen LogP contribution in [0.4, 0.5) is 0 Å². The monoisotopic (exact) mass is 238 g/mol. The van der Waals surface area contributed by atoms with Crippen LogP contribution in [-0.2, 0) is 6.42 Å². The van der Waals surface area contributed by atoms with Crippen molar-refractivity contribution in [2.45, 2.75) is 51.8 Å². The topological polar surface area (TPSA) is 0 Å². The van der Waals surface area contributed by atoms with E-state index < -0.39 is 0 Å². The maximum atomic E-state index is 6.25. The zero-order chi connectivity index (χ0) is 12.1. The zero-order valence-electron chi connectivity index (χ0n) is 10.8. The van der Waals surface area contributed by atoms with Crippen molar-refractivity contribution < 1.29 is 0 Å². The molecule has 0 aliphatic rings. The first kappa shape index (κ1) is 13.6. The van der Waals surface area contributed by atoms with Gasteiger partial charge in [-0.3, -0.25) is 0 Å². The molecule has 0 N–H and O–H groups in total. The van der Waals surface area contributed by atoms with Gasteiger partial charge in [-0.2, -0.15) is 0 Å². The van der Waals surface area contributed by atoms with Crippen LogP contribution in [0.3, 0.4) is 0 Å². The molecule has 1 aromatic carbocycles. The average Bonchev–Trinajstić information content (AvgIpc) is 2.28. The van der Waals surface area contributed by atoms with Gasteiger partial charge in [0.25, 0.3) is 0 Å². The fraction of sp³-hybridized carbons (Fsp3) is 0.600. The van der Waals surface area contributed by atoms with E-state index >= 15 is 0 Å². The van der Waals surface area contributed by atoms with E-state index in [9.17, 15) is 0 Å². The third-order valence-electron chi connectivity index (χ3n) is 3.21. The van der Waals surface area contributed by atoms with E-state index in [1.54, 1.807) is 0 Å². The van der Waals surface area contributed by atoms with Crippen LogP contribution in [0.15, 0.2) is 24.3 Å². The Morgan fingerprint density at radius 3 is 2.06 bits per heavy atom. The van der Waals surface area contributed by atoms with E-state index in [0.717, 1.165) is 12.8 Å². The maximum Gasteiger partial charge on any atom is 0.0362 e. The number of alkyl halides is 1. The van der Waals surface area contributed by atoms with Gasteiger partial charge in [0.15, 0.2) is 0 Å². The van der Waals surface area contributed by atoms with Gasteiger partial charge in [-0.15, -0.1) is 11.6 Å². The van der Waals surface area contributed by atoms with Crippen molar-refractivity contribution in [2.75, 3.05) is 0 Å². The van der Waals surface area contributed by atoms with E-state index in [1.165, 1.54) is 11.1 Å². The van der Waals surface area contributed by atoms with Crippen molar-refractivity contribution in [3.05, 3.63) is 35.4 Å². The first-order valence-corrected chi connectivity index (χ1v) is 6.71. The van der Waals surface area contributed by atoms with Gasteiger partial charge in [0.1, 0.15) is 0 Å². The van der Waals surface area contributed by atoms with Crippen LogP contribution in [0.1, 0.15) is 51.2 Å². The predicted molar refractivity (Wildman–Crippen MR) is 73.3 cm³/mol. The third-order valence-corrected chi connectivity index (χ3v) is 3.95. The maximum absolute atomic E-state index is 6.25. The van der Waals surface area contributed by atoms with Crippen LogP contribution in [-0.4, -0.2) is 5.38 Å². The summed E-state index contributed by atoms with van der Waals surface area (Å²) in [6.45, 7) is 8.83. The van der Waals surface area contributed by atoms with Crippen LogP contribution in [0.2, 0.25) is 0 Å². The minimum atomic E-state index is 0.296. The number of rotatable bonds is 5. The van der Waals surface area contributed by atoms with Crippen molar-refractivity contribution in [3.63, 3.8) is 0 Å². The molecule has 1 rings (SSSR count). The summed E-state index contributed by atoms with van der Waals surface area (Å²) in [5.41, 5.74) is 2.81. The van der Waals surface area contributed by atoms with Gasteiger partial charge in [-0.05, 0) is 35.8 Å². The van der Waals surface area contributed by atoms with Crippen LogP contribution in [0.25, 0.3) is 0 Å². The Kier molecular flexibility index (Phi) is 5.34. The molecule has 0 radical (unpaired) electrons. The predicted octanol–water partition coefficient (Wildman–Crippen LogP) is 5.01. The molecule has 90 valence electrons. The molecule has 0 saturated carbocycles. The third kappa shape index (κ3) is 3.83. The largest absolute Gasteiger partial charge is 0.123 e.